The summed E-state index contributed by atoms with van der Waals surface area (Å²) in [6.07, 6.45) is 5.51. The highest BCUT2D eigenvalue weighted by Crippen LogP contribution is 2.49. The van der Waals surface area contributed by atoms with Crippen LogP contribution in [0.1, 0.15) is 44.6 Å². The molecule has 2 heterocycles. The summed E-state index contributed by atoms with van der Waals surface area (Å²) in [5.41, 5.74) is 0.712. The van der Waals surface area contributed by atoms with Gasteiger partial charge in [-0.05, 0) is 56.6 Å². The van der Waals surface area contributed by atoms with E-state index in [1.54, 1.807) is 12.1 Å². The van der Waals surface area contributed by atoms with Gasteiger partial charge in [0, 0.05) is 44.2 Å². The lowest BCUT2D eigenvalue weighted by Crippen LogP contribution is -2.49. The van der Waals surface area contributed by atoms with E-state index in [1.807, 2.05) is 12.1 Å². The minimum atomic E-state index is -0.111. The molecule has 168 valence electrons. The quantitative estimate of drug-likeness (QED) is 0.322. The van der Waals surface area contributed by atoms with Crippen LogP contribution in [0.25, 0.3) is 0 Å². The highest BCUT2D eigenvalue weighted by molar-refractivity contribution is 14.0. The number of hydrogen-bond donors (Lipinski definition) is 2. The molecule has 3 aliphatic rings. The summed E-state index contributed by atoms with van der Waals surface area (Å²) in [4.78, 5) is 7.44. The van der Waals surface area contributed by atoms with E-state index in [4.69, 9.17) is 9.73 Å². The number of rotatable bonds is 7. The molecule has 2 saturated heterocycles. The number of guanidine groups is 1. The number of nitrogens with zero attached hydrogens (tertiary/aromatic N) is 2. The minimum Gasteiger partial charge on any atom is -0.381 e. The molecule has 2 aliphatic heterocycles. The molecule has 0 spiro atoms. The van der Waals surface area contributed by atoms with Crippen molar-refractivity contribution in [1.82, 2.24) is 15.5 Å². The number of ether oxygens (including phenoxy) is 1. The predicted molar refractivity (Wildman–Crippen MR) is 130 cm³/mol. The molecule has 7 heteroatoms. The van der Waals surface area contributed by atoms with Crippen molar-refractivity contribution in [3.8, 4) is 0 Å². The third-order valence-electron chi connectivity index (χ3n) is 6.65. The lowest BCUT2D eigenvalue weighted by atomic mass is 9.95. The lowest BCUT2D eigenvalue weighted by molar-refractivity contribution is 0.150. The van der Waals surface area contributed by atoms with Crippen LogP contribution in [0.2, 0.25) is 0 Å². The molecular formula is C23H36FIN4O. The molecule has 1 aromatic carbocycles. The van der Waals surface area contributed by atoms with Gasteiger partial charge in [-0.2, -0.15) is 0 Å². The second-order valence-electron chi connectivity index (χ2n) is 8.90. The van der Waals surface area contributed by atoms with Crippen molar-refractivity contribution in [3.05, 3.63) is 35.6 Å². The molecule has 30 heavy (non-hydrogen) atoms. The highest BCUT2D eigenvalue weighted by Gasteiger charge is 2.45. The van der Waals surface area contributed by atoms with Gasteiger partial charge in [-0.15, -0.1) is 24.0 Å². The summed E-state index contributed by atoms with van der Waals surface area (Å²) in [5.74, 6) is 1.49. The first-order chi connectivity index (χ1) is 14.2. The first-order valence-electron chi connectivity index (χ1n) is 11.3. The molecule has 5 nitrogen and oxygen atoms in total. The van der Waals surface area contributed by atoms with Crippen LogP contribution in [0, 0.1) is 11.7 Å². The lowest BCUT2D eigenvalue weighted by Gasteiger charge is -2.34. The summed E-state index contributed by atoms with van der Waals surface area (Å²) >= 11 is 0. The van der Waals surface area contributed by atoms with Gasteiger partial charge in [-0.3, -0.25) is 4.99 Å². The van der Waals surface area contributed by atoms with E-state index in [9.17, 15) is 4.39 Å². The van der Waals surface area contributed by atoms with Crippen LogP contribution in [0.3, 0.4) is 0 Å². The molecule has 1 saturated carbocycles. The number of benzene rings is 1. The van der Waals surface area contributed by atoms with E-state index in [2.05, 4.69) is 22.5 Å². The van der Waals surface area contributed by atoms with Crippen LogP contribution in [0.4, 0.5) is 4.39 Å². The third kappa shape index (κ3) is 6.07. The Balaban J connectivity index is 0.00000256. The summed E-state index contributed by atoms with van der Waals surface area (Å²) in [5, 5.41) is 7.01. The molecule has 0 bridgehead atoms. The summed E-state index contributed by atoms with van der Waals surface area (Å²) < 4.78 is 19.8. The van der Waals surface area contributed by atoms with Crippen molar-refractivity contribution >= 4 is 29.9 Å². The Bertz CT molecular complexity index is 698. The average Bonchev–Trinajstić information content (AvgIpc) is 3.34. The van der Waals surface area contributed by atoms with Crippen LogP contribution >= 0.6 is 24.0 Å². The zero-order valence-electron chi connectivity index (χ0n) is 18.0. The normalized spacial score (nSPS) is 24.3. The van der Waals surface area contributed by atoms with Crippen molar-refractivity contribution in [2.24, 2.45) is 10.9 Å². The highest BCUT2D eigenvalue weighted by atomic mass is 127. The Morgan fingerprint density at radius 3 is 2.63 bits per heavy atom. The second kappa shape index (κ2) is 11.1. The zero-order valence-corrected chi connectivity index (χ0v) is 20.4. The predicted octanol–water partition coefficient (Wildman–Crippen LogP) is 3.53. The number of likely N-dealkylation sites (tertiary alicyclic amines) is 1. The van der Waals surface area contributed by atoms with Crippen molar-refractivity contribution in [1.29, 1.82) is 0 Å². The third-order valence-corrected chi connectivity index (χ3v) is 6.65. The van der Waals surface area contributed by atoms with Crippen molar-refractivity contribution in [2.75, 3.05) is 45.9 Å². The van der Waals surface area contributed by atoms with E-state index < -0.39 is 0 Å². The van der Waals surface area contributed by atoms with Crippen LogP contribution in [0.15, 0.2) is 29.3 Å². The molecule has 4 rings (SSSR count). The first kappa shape index (κ1) is 23.7. The molecule has 1 unspecified atom stereocenters. The number of nitrogens with one attached hydrogen (secondary N) is 2. The van der Waals surface area contributed by atoms with Gasteiger partial charge in [0.25, 0.3) is 0 Å². The van der Waals surface area contributed by atoms with Crippen molar-refractivity contribution in [2.45, 2.75) is 50.5 Å². The zero-order chi connectivity index (χ0) is 20.1. The Hall–Kier alpha value is -0.930. The van der Waals surface area contributed by atoms with Gasteiger partial charge in [0.2, 0.25) is 0 Å². The Morgan fingerprint density at radius 2 is 2.00 bits per heavy atom. The molecule has 0 aromatic heterocycles. The summed E-state index contributed by atoms with van der Waals surface area (Å²) in [6.45, 7) is 8.86. The molecule has 2 N–H and O–H groups in total. The number of halogens is 2. The molecule has 0 amide bonds. The topological polar surface area (TPSA) is 48.9 Å². The Morgan fingerprint density at radius 1 is 1.23 bits per heavy atom. The van der Waals surface area contributed by atoms with E-state index in [0.717, 1.165) is 70.1 Å². The van der Waals surface area contributed by atoms with Gasteiger partial charge >= 0.3 is 0 Å². The van der Waals surface area contributed by atoms with Crippen LogP contribution in [-0.2, 0) is 10.2 Å². The van der Waals surface area contributed by atoms with Gasteiger partial charge in [0.1, 0.15) is 5.82 Å². The largest absolute Gasteiger partial charge is 0.381 e. The summed E-state index contributed by atoms with van der Waals surface area (Å²) in [7, 11) is 0. The van der Waals surface area contributed by atoms with Crippen LogP contribution < -0.4 is 10.6 Å². The average molecular weight is 530 g/mol. The van der Waals surface area contributed by atoms with Crippen molar-refractivity contribution < 1.29 is 9.13 Å². The maximum atomic E-state index is 14.3. The fraction of sp³-hybridized carbons (Fsp3) is 0.696. The SMILES string of the molecule is CCNC(=NCC1(c2ccccc2F)CC1)NC1CCN(CC2CCOC2)CC1.I. The fourth-order valence-electron chi connectivity index (χ4n) is 4.65. The Labute approximate surface area is 197 Å². The maximum Gasteiger partial charge on any atom is 0.191 e. The molecule has 1 atom stereocenters. The van der Waals surface area contributed by atoms with Gasteiger partial charge in [-0.25, -0.2) is 4.39 Å². The maximum absolute atomic E-state index is 14.3. The van der Waals surface area contributed by atoms with Gasteiger partial charge < -0.3 is 20.3 Å². The molecule has 1 aromatic rings. The Kier molecular flexibility index (Phi) is 8.77. The number of aliphatic imine (C=N–C) groups is 1. The van der Waals surface area contributed by atoms with Gasteiger partial charge in [0.15, 0.2) is 5.96 Å². The second-order valence-corrected chi connectivity index (χ2v) is 8.90. The first-order valence-corrected chi connectivity index (χ1v) is 11.3. The molecule has 3 fully saturated rings. The fourth-order valence-corrected chi connectivity index (χ4v) is 4.65. The molecule has 0 radical (unpaired) electrons. The number of piperidine rings is 1. The van der Waals surface area contributed by atoms with Gasteiger partial charge in [0.05, 0.1) is 13.2 Å². The van der Waals surface area contributed by atoms with Gasteiger partial charge in [-0.1, -0.05) is 18.2 Å². The monoisotopic (exact) mass is 530 g/mol. The van der Waals surface area contributed by atoms with E-state index in [1.165, 1.54) is 13.0 Å². The summed E-state index contributed by atoms with van der Waals surface area (Å²) in [6, 6.07) is 7.62. The molecular weight excluding hydrogens is 494 g/mol. The number of hydrogen-bond acceptors (Lipinski definition) is 3. The minimum absolute atomic E-state index is 0. The van der Waals surface area contributed by atoms with Crippen molar-refractivity contribution in [3.63, 3.8) is 0 Å². The van der Waals surface area contributed by atoms with Crippen LogP contribution in [0.5, 0.6) is 0 Å². The van der Waals surface area contributed by atoms with E-state index in [0.29, 0.717) is 18.5 Å². The molecule has 1 aliphatic carbocycles. The van der Waals surface area contributed by atoms with Crippen LogP contribution in [-0.4, -0.2) is 62.8 Å². The standard InChI is InChI=1S/C23H35FN4O.HI/c1-2-25-22(26-17-23(10-11-23)20-5-3-4-6-21(20)24)27-19-7-12-28(13-8-19)15-18-9-14-29-16-18;/h3-6,18-19H,2,7-17H2,1H3,(H2,25,26,27);1H. The smallest absolute Gasteiger partial charge is 0.191 e. The van der Waals surface area contributed by atoms with E-state index in [-0.39, 0.29) is 35.2 Å². The van der Waals surface area contributed by atoms with E-state index >= 15 is 0 Å².